The molecule has 1 saturated heterocycles. The maximum absolute atomic E-state index is 12.2. The molecule has 1 aliphatic rings. The average Bonchev–Trinajstić information content (AvgIpc) is 2.97. The van der Waals surface area contributed by atoms with E-state index in [1.807, 2.05) is 6.92 Å². The molecule has 2 aromatic rings. The minimum absolute atomic E-state index is 0.00427. The molecule has 0 bridgehead atoms. The number of hydrogen-bond acceptors (Lipinski definition) is 7. The number of aryl methyl sites for hydroxylation is 2. The van der Waals surface area contributed by atoms with Gasteiger partial charge in [0.15, 0.2) is 0 Å². The van der Waals surface area contributed by atoms with Crippen molar-refractivity contribution in [3.05, 3.63) is 62.4 Å². The molecule has 1 aliphatic heterocycles. The fourth-order valence-corrected chi connectivity index (χ4v) is 3.68. The minimum Gasteiger partial charge on any atom is -0.390 e. The Balaban J connectivity index is 1.70. The Hall–Kier alpha value is -2.27. The molecule has 0 unspecified atom stereocenters. The molecule has 0 amide bonds. The Kier molecular flexibility index (Phi) is 5.33. The second-order valence-electron chi connectivity index (χ2n) is 6.46. The summed E-state index contributed by atoms with van der Waals surface area (Å²) in [5.41, 5.74) is 0.0535. The number of aliphatic hydroxyl groups excluding tert-OH is 1. The first-order valence-corrected chi connectivity index (χ1v) is 9.70. The molecule has 0 radical (unpaired) electrons. The number of aromatic nitrogens is 2. The lowest BCUT2D eigenvalue weighted by molar-refractivity contribution is -0.0400. The first kappa shape index (κ1) is 19.5. The third-order valence-electron chi connectivity index (χ3n) is 4.36. The molecule has 2 N–H and O–H groups in total. The normalized spacial score (nSPS) is 22.9. The SMILES string of the molecule is Cc1ccc(S(=O)(=O)OC[C@@H]2O[C@@H](n3cc(C)c(=O)[nH]c3=O)C[C@@H]2O)cc1. The summed E-state index contributed by atoms with van der Waals surface area (Å²) in [5.74, 6) is 0. The van der Waals surface area contributed by atoms with E-state index in [1.54, 1.807) is 12.1 Å². The van der Waals surface area contributed by atoms with E-state index < -0.39 is 46.4 Å². The van der Waals surface area contributed by atoms with Crippen LogP contribution in [-0.2, 0) is 19.0 Å². The summed E-state index contributed by atoms with van der Waals surface area (Å²) in [6.45, 7) is 2.97. The van der Waals surface area contributed by atoms with Crippen LogP contribution in [0.25, 0.3) is 0 Å². The first-order valence-electron chi connectivity index (χ1n) is 8.29. The van der Waals surface area contributed by atoms with E-state index in [2.05, 4.69) is 4.98 Å². The highest BCUT2D eigenvalue weighted by Gasteiger charge is 2.37. The molecule has 3 rings (SSSR count). The summed E-state index contributed by atoms with van der Waals surface area (Å²) >= 11 is 0. The van der Waals surface area contributed by atoms with Crippen LogP contribution in [0.15, 0.2) is 44.9 Å². The highest BCUT2D eigenvalue weighted by atomic mass is 32.2. The standard InChI is InChI=1S/C17H20N2O7S/c1-10-3-5-12(6-4-10)27(23,24)25-9-14-13(20)7-15(26-14)19-8-11(2)16(21)18-17(19)22/h3-6,8,13-15,20H,7,9H2,1-2H3,(H,18,21,22)/t13-,14-,15+/m0/s1. The Bertz CT molecular complexity index is 1040. The monoisotopic (exact) mass is 396 g/mol. The molecule has 27 heavy (non-hydrogen) atoms. The highest BCUT2D eigenvalue weighted by Crippen LogP contribution is 2.28. The summed E-state index contributed by atoms with van der Waals surface area (Å²) < 4.78 is 36.2. The van der Waals surface area contributed by atoms with Crippen molar-refractivity contribution in [3.63, 3.8) is 0 Å². The zero-order valence-corrected chi connectivity index (χ0v) is 15.6. The largest absolute Gasteiger partial charge is 0.390 e. The summed E-state index contributed by atoms with van der Waals surface area (Å²) in [5, 5.41) is 10.2. The van der Waals surface area contributed by atoms with Gasteiger partial charge in [-0.05, 0) is 26.0 Å². The Morgan fingerprint density at radius 1 is 1.26 bits per heavy atom. The molecule has 10 heteroatoms. The van der Waals surface area contributed by atoms with Gasteiger partial charge in [-0.2, -0.15) is 8.42 Å². The van der Waals surface area contributed by atoms with Gasteiger partial charge in [0.2, 0.25) is 0 Å². The zero-order valence-electron chi connectivity index (χ0n) is 14.8. The molecule has 0 aliphatic carbocycles. The molecule has 1 aromatic heterocycles. The fourth-order valence-electron chi connectivity index (χ4n) is 2.77. The number of nitrogens with one attached hydrogen (secondary N) is 1. The predicted octanol–water partition coefficient (Wildman–Crippen LogP) is 0.207. The fraction of sp³-hybridized carbons (Fsp3) is 0.412. The van der Waals surface area contributed by atoms with E-state index in [4.69, 9.17) is 8.92 Å². The van der Waals surface area contributed by atoms with Gasteiger partial charge in [0.25, 0.3) is 15.7 Å². The second-order valence-corrected chi connectivity index (χ2v) is 8.08. The van der Waals surface area contributed by atoms with Crippen LogP contribution < -0.4 is 11.2 Å². The molecular formula is C17H20N2O7S. The minimum atomic E-state index is -4.00. The Morgan fingerprint density at radius 2 is 1.93 bits per heavy atom. The van der Waals surface area contributed by atoms with Crippen molar-refractivity contribution in [1.29, 1.82) is 0 Å². The van der Waals surface area contributed by atoms with Crippen molar-refractivity contribution in [2.75, 3.05) is 6.61 Å². The Morgan fingerprint density at radius 3 is 2.59 bits per heavy atom. The van der Waals surface area contributed by atoms with E-state index in [-0.39, 0.29) is 11.3 Å². The predicted molar refractivity (Wildman–Crippen MR) is 94.9 cm³/mol. The van der Waals surface area contributed by atoms with E-state index in [9.17, 15) is 23.1 Å². The molecule has 0 spiro atoms. The Labute approximate surface area is 155 Å². The smallest absolute Gasteiger partial charge is 0.330 e. The number of benzene rings is 1. The van der Waals surface area contributed by atoms with Gasteiger partial charge < -0.3 is 9.84 Å². The van der Waals surface area contributed by atoms with Crippen LogP contribution in [0.1, 0.15) is 23.8 Å². The van der Waals surface area contributed by atoms with Gasteiger partial charge in [-0.25, -0.2) is 4.79 Å². The third-order valence-corrected chi connectivity index (χ3v) is 5.65. The van der Waals surface area contributed by atoms with E-state index >= 15 is 0 Å². The maximum atomic E-state index is 12.2. The van der Waals surface area contributed by atoms with Crippen molar-refractivity contribution in [2.24, 2.45) is 0 Å². The summed E-state index contributed by atoms with van der Waals surface area (Å²) in [6, 6.07) is 6.17. The van der Waals surface area contributed by atoms with Crippen molar-refractivity contribution in [3.8, 4) is 0 Å². The van der Waals surface area contributed by atoms with Crippen molar-refractivity contribution >= 4 is 10.1 Å². The van der Waals surface area contributed by atoms with Crippen molar-refractivity contribution < 1.29 is 22.4 Å². The van der Waals surface area contributed by atoms with Crippen LogP contribution in [0, 0.1) is 13.8 Å². The van der Waals surface area contributed by atoms with Crippen LogP contribution in [-0.4, -0.2) is 41.9 Å². The van der Waals surface area contributed by atoms with Crippen LogP contribution in [0.4, 0.5) is 0 Å². The maximum Gasteiger partial charge on any atom is 0.330 e. The average molecular weight is 396 g/mol. The molecular weight excluding hydrogens is 376 g/mol. The van der Waals surface area contributed by atoms with E-state index in [0.717, 1.165) is 10.1 Å². The molecule has 9 nitrogen and oxygen atoms in total. The topological polar surface area (TPSA) is 128 Å². The summed E-state index contributed by atoms with van der Waals surface area (Å²) in [6.07, 6.45) is -1.40. The third kappa shape index (κ3) is 4.19. The highest BCUT2D eigenvalue weighted by molar-refractivity contribution is 7.86. The number of aliphatic hydroxyl groups is 1. The molecule has 1 fully saturated rings. The number of nitrogens with zero attached hydrogens (tertiary/aromatic N) is 1. The van der Waals surface area contributed by atoms with Crippen LogP contribution in [0.3, 0.4) is 0 Å². The number of hydrogen-bond donors (Lipinski definition) is 2. The van der Waals surface area contributed by atoms with Crippen LogP contribution in [0.5, 0.6) is 0 Å². The van der Waals surface area contributed by atoms with Crippen molar-refractivity contribution in [1.82, 2.24) is 9.55 Å². The quantitative estimate of drug-likeness (QED) is 0.691. The first-order chi connectivity index (χ1) is 12.7. The lowest BCUT2D eigenvalue weighted by atomic mass is 10.2. The van der Waals surface area contributed by atoms with Gasteiger partial charge in [0.05, 0.1) is 17.6 Å². The molecule has 2 heterocycles. The van der Waals surface area contributed by atoms with Gasteiger partial charge in [-0.15, -0.1) is 0 Å². The van der Waals surface area contributed by atoms with E-state index in [1.165, 1.54) is 25.3 Å². The molecule has 146 valence electrons. The van der Waals surface area contributed by atoms with Crippen LogP contribution >= 0.6 is 0 Å². The van der Waals surface area contributed by atoms with Gasteiger partial charge in [0.1, 0.15) is 12.3 Å². The molecule has 0 saturated carbocycles. The molecule has 3 atom stereocenters. The van der Waals surface area contributed by atoms with Gasteiger partial charge in [-0.1, -0.05) is 17.7 Å². The summed E-state index contributed by atoms with van der Waals surface area (Å²) in [7, 11) is -4.00. The van der Waals surface area contributed by atoms with Gasteiger partial charge >= 0.3 is 5.69 Å². The zero-order chi connectivity index (χ0) is 19.8. The number of H-pyrrole nitrogens is 1. The number of rotatable bonds is 5. The van der Waals surface area contributed by atoms with Crippen LogP contribution in [0.2, 0.25) is 0 Å². The molecule has 1 aromatic carbocycles. The summed E-state index contributed by atoms with van der Waals surface area (Å²) in [4.78, 5) is 25.6. The lowest BCUT2D eigenvalue weighted by Crippen LogP contribution is -2.33. The van der Waals surface area contributed by atoms with Gasteiger partial charge in [0, 0.05) is 18.2 Å². The second kappa shape index (κ2) is 7.39. The lowest BCUT2D eigenvalue weighted by Gasteiger charge is -2.16. The number of ether oxygens (including phenoxy) is 1. The van der Waals surface area contributed by atoms with Gasteiger partial charge in [-0.3, -0.25) is 18.5 Å². The number of aromatic amines is 1. The van der Waals surface area contributed by atoms with E-state index in [0.29, 0.717) is 5.56 Å². The van der Waals surface area contributed by atoms with Crippen molar-refractivity contribution in [2.45, 2.75) is 43.6 Å².